The van der Waals surface area contributed by atoms with Crippen LogP contribution in [0.1, 0.15) is 50.7 Å². The third-order valence-electron chi connectivity index (χ3n) is 6.14. The Morgan fingerprint density at radius 2 is 2.00 bits per heavy atom. The van der Waals surface area contributed by atoms with Gasteiger partial charge in [-0.25, -0.2) is 0 Å². The van der Waals surface area contributed by atoms with E-state index < -0.39 is 0 Å². The van der Waals surface area contributed by atoms with Gasteiger partial charge in [0.25, 0.3) is 0 Å². The summed E-state index contributed by atoms with van der Waals surface area (Å²) in [5.74, 6) is 2.12. The minimum absolute atomic E-state index is 0.243. The fourth-order valence-electron chi connectivity index (χ4n) is 4.44. The molecule has 0 spiro atoms. The van der Waals surface area contributed by atoms with Crippen molar-refractivity contribution in [1.82, 2.24) is 15.5 Å². The fourth-order valence-corrected chi connectivity index (χ4v) is 5.66. The summed E-state index contributed by atoms with van der Waals surface area (Å²) in [5, 5.41) is 7.19. The molecule has 168 valence electrons. The van der Waals surface area contributed by atoms with Gasteiger partial charge in [-0.3, -0.25) is 9.89 Å². The number of piperidine rings is 1. The van der Waals surface area contributed by atoms with Crippen LogP contribution in [0, 0.1) is 6.92 Å². The van der Waals surface area contributed by atoms with Gasteiger partial charge in [-0.2, -0.15) is 11.8 Å². The molecule has 2 aliphatic rings. The monoisotopic (exact) mass is 432 g/mol. The van der Waals surface area contributed by atoms with Crippen LogP contribution in [0.3, 0.4) is 0 Å². The number of hydrogen-bond acceptors (Lipinski definition) is 4. The zero-order valence-electron chi connectivity index (χ0n) is 19.1. The number of benzene rings is 1. The first-order chi connectivity index (χ1) is 14.6. The van der Waals surface area contributed by atoms with Crippen LogP contribution < -0.4 is 10.6 Å². The number of nitrogens with zero attached hydrogens (tertiary/aromatic N) is 2. The first-order valence-corrected chi connectivity index (χ1v) is 12.7. The van der Waals surface area contributed by atoms with Crippen molar-refractivity contribution in [3.05, 3.63) is 35.4 Å². The minimum atomic E-state index is 0.243. The Bertz CT molecular complexity index is 661. The molecular weight excluding hydrogens is 392 g/mol. The number of thioether (sulfide) groups is 1. The minimum Gasteiger partial charge on any atom is -0.381 e. The average molecular weight is 433 g/mol. The zero-order chi connectivity index (χ0) is 21.2. The molecule has 2 N–H and O–H groups in total. The van der Waals surface area contributed by atoms with Gasteiger partial charge in [0.15, 0.2) is 5.96 Å². The fraction of sp³-hybridized carbons (Fsp3) is 0.708. The molecule has 5 nitrogen and oxygen atoms in total. The van der Waals surface area contributed by atoms with Crippen LogP contribution in [0.25, 0.3) is 0 Å². The average Bonchev–Trinajstić information content (AvgIpc) is 2.75. The smallest absolute Gasteiger partial charge is 0.191 e. The first-order valence-electron chi connectivity index (χ1n) is 11.7. The highest BCUT2D eigenvalue weighted by Crippen LogP contribution is 2.35. The summed E-state index contributed by atoms with van der Waals surface area (Å²) >= 11 is 2.06. The highest BCUT2D eigenvalue weighted by atomic mass is 32.2. The number of likely N-dealkylation sites (tertiary alicyclic amines) is 1. The number of hydrogen-bond donors (Lipinski definition) is 2. The van der Waals surface area contributed by atoms with Gasteiger partial charge in [0, 0.05) is 50.2 Å². The number of rotatable bonds is 8. The van der Waals surface area contributed by atoms with E-state index in [9.17, 15) is 0 Å². The molecule has 2 heterocycles. The van der Waals surface area contributed by atoms with Gasteiger partial charge in [0.1, 0.15) is 0 Å². The quantitative estimate of drug-likeness (QED) is 0.483. The lowest BCUT2D eigenvalue weighted by Crippen LogP contribution is -2.49. The van der Waals surface area contributed by atoms with Crippen LogP contribution in [-0.2, 0) is 11.3 Å². The zero-order valence-corrected chi connectivity index (χ0v) is 19.9. The second-order valence-corrected chi connectivity index (χ2v) is 10.3. The number of ether oxygens (including phenoxy) is 1. The maximum atomic E-state index is 5.61. The van der Waals surface area contributed by atoms with Gasteiger partial charge in [0.05, 0.1) is 6.54 Å². The predicted molar refractivity (Wildman–Crippen MR) is 130 cm³/mol. The summed E-state index contributed by atoms with van der Waals surface area (Å²) in [6.45, 7) is 13.4. The molecule has 0 atom stereocenters. The van der Waals surface area contributed by atoms with E-state index in [1.54, 1.807) is 0 Å². The Kier molecular flexibility index (Phi) is 9.34. The van der Waals surface area contributed by atoms with Gasteiger partial charge in [0.2, 0.25) is 0 Å². The molecule has 0 amide bonds. The SMILES string of the molecule is CCNC(=NCC1(SCC)CCOCC1)NC1CCN(Cc2cccc(C)c2)CC1. The Morgan fingerprint density at radius 3 is 2.67 bits per heavy atom. The van der Waals surface area contributed by atoms with E-state index in [-0.39, 0.29) is 4.75 Å². The van der Waals surface area contributed by atoms with Crippen molar-refractivity contribution in [2.24, 2.45) is 4.99 Å². The third kappa shape index (κ3) is 7.17. The normalized spacial score (nSPS) is 20.8. The molecule has 3 rings (SSSR count). The van der Waals surface area contributed by atoms with Gasteiger partial charge in [-0.05, 0) is 50.8 Å². The topological polar surface area (TPSA) is 48.9 Å². The predicted octanol–water partition coefficient (Wildman–Crippen LogP) is 3.82. The van der Waals surface area contributed by atoms with Crippen molar-refractivity contribution in [3.8, 4) is 0 Å². The molecule has 2 saturated heterocycles. The van der Waals surface area contributed by atoms with E-state index in [2.05, 4.69) is 72.3 Å². The first kappa shape index (κ1) is 23.4. The summed E-state index contributed by atoms with van der Waals surface area (Å²) in [5.41, 5.74) is 2.77. The molecule has 0 unspecified atom stereocenters. The van der Waals surface area contributed by atoms with Gasteiger partial charge in [-0.1, -0.05) is 36.8 Å². The molecule has 0 radical (unpaired) electrons. The molecule has 0 saturated carbocycles. The molecule has 2 aliphatic heterocycles. The van der Waals surface area contributed by atoms with Crippen LogP contribution >= 0.6 is 11.8 Å². The summed E-state index contributed by atoms with van der Waals surface area (Å²) in [6, 6.07) is 9.39. The number of aryl methyl sites for hydroxylation is 1. The third-order valence-corrected chi connectivity index (χ3v) is 7.58. The Hall–Kier alpha value is -1.24. The van der Waals surface area contributed by atoms with Gasteiger partial charge >= 0.3 is 0 Å². The second-order valence-electron chi connectivity index (χ2n) is 8.61. The van der Waals surface area contributed by atoms with Crippen molar-refractivity contribution < 1.29 is 4.74 Å². The lowest BCUT2D eigenvalue weighted by Gasteiger charge is -2.36. The van der Waals surface area contributed by atoms with Crippen molar-refractivity contribution in [1.29, 1.82) is 0 Å². The van der Waals surface area contributed by atoms with E-state index in [0.717, 1.165) is 70.5 Å². The molecule has 1 aromatic rings. The molecule has 6 heteroatoms. The second kappa shape index (κ2) is 12.0. The van der Waals surface area contributed by atoms with Crippen molar-refractivity contribution in [2.45, 2.75) is 63.8 Å². The maximum absolute atomic E-state index is 5.61. The van der Waals surface area contributed by atoms with E-state index >= 15 is 0 Å². The van der Waals surface area contributed by atoms with Crippen LogP contribution in [0.4, 0.5) is 0 Å². The summed E-state index contributed by atoms with van der Waals surface area (Å²) in [7, 11) is 0. The van der Waals surface area contributed by atoms with E-state index in [0.29, 0.717) is 6.04 Å². The van der Waals surface area contributed by atoms with Crippen molar-refractivity contribution in [2.75, 3.05) is 45.1 Å². The number of nitrogens with one attached hydrogen (secondary N) is 2. The molecule has 30 heavy (non-hydrogen) atoms. The van der Waals surface area contributed by atoms with E-state index in [1.165, 1.54) is 24.0 Å². The van der Waals surface area contributed by atoms with Crippen LogP contribution in [0.15, 0.2) is 29.3 Å². The van der Waals surface area contributed by atoms with Crippen LogP contribution in [-0.4, -0.2) is 66.8 Å². The van der Waals surface area contributed by atoms with Crippen LogP contribution in [0.2, 0.25) is 0 Å². The molecule has 0 aromatic heterocycles. The summed E-state index contributed by atoms with van der Waals surface area (Å²) in [6.07, 6.45) is 4.54. The largest absolute Gasteiger partial charge is 0.381 e. The van der Waals surface area contributed by atoms with Gasteiger partial charge < -0.3 is 15.4 Å². The molecule has 2 fully saturated rings. The molecule has 0 aliphatic carbocycles. The highest BCUT2D eigenvalue weighted by Gasteiger charge is 2.32. The standard InChI is InChI=1S/C24H40N4OS/c1-4-25-23(26-19-24(30-5-2)11-15-29-16-12-24)27-22-9-13-28(14-10-22)18-21-8-6-7-20(3)17-21/h6-8,17,22H,4-5,9-16,18-19H2,1-3H3,(H2,25,26,27). The van der Waals surface area contributed by atoms with Crippen LogP contribution in [0.5, 0.6) is 0 Å². The van der Waals surface area contributed by atoms with E-state index in [4.69, 9.17) is 9.73 Å². The Morgan fingerprint density at radius 1 is 1.23 bits per heavy atom. The molecule has 0 bridgehead atoms. The Balaban J connectivity index is 1.51. The highest BCUT2D eigenvalue weighted by molar-refractivity contribution is 8.00. The lowest BCUT2D eigenvalue weighted by molar-refractivity contribution is 0.0793. The summed E-state index contributed by atoms with van der Waals surface area (Å²) < 4.78 is 5.85. The summed E-state index contributed by atoms with van der Waals surface area (Å²) in [4.78, 5) is 7.60. The van der Waals surface area contributed by atoms with Crippen molar-refractivity contribution in [3.63, 3.8) is 0 Å². The van der Waals surface area contributed by atoms with E-state index in [1.807, 2.05) is 0 Å². The molecule has 1 aromatic carbocycles. The lowest BCUT2D eigenvalue weighted by atomic mass is 9.99. The molecular formula is C24H40N4OS. The van der Waals surface area contributed by atoms with Crippen molar-refractivity contribution >= 4 is 17.7 Å². The van der Waals surface area contributed by atoms with Gasteiger partial charge in [-0.15, -0.1) is 0 Å². The maximum Gasteiger partial charge on any atom is 0.191 e. The Labute approximate surface area is 187 Å². The number of aliphatic imine (C=N–C) groups is 1. The number of guanidine groups is 1.